The predicted octanol–water partition coefficient (Wildman–Crippen LogP) is 2.41. The number of hydroxylamine groups is 2. The first-order valence-electron chi connectivity index (χ1n) is 4.99. The molecule has 3 nitrogen and oxygen atoms in total. The van der Waals surface area contributed by atoms with Gasteiger partial charge in [0.2, 0.25) is 0 Å². The molecule has 0 bridgehead atoms. The van der Waals surface area contributed by atoms with Gasteiger partial charge in [-0.05, 0) is 30.2 Å². The van der Waals surface area contributed by atoms with Crippen molar-refractivity contribution >= 4 is 6.08 Å². The second-order valence-corrected chi connectivity index (χ2v) is 3.74. The molecule has 0 radical (unpaired) electrons. The Kier molecular flexibility index (Phi) is 2.75. The van der Waals surface area contributed by atoms with E-state index in [4.69, 9.17) is 4.74 Å². The topological polar surface area (TPSA) is 35.5 Å². The Bertz CT molecular complexity index is 387. The van der Waals surface area contributed by atoms with Crippen molar-refractivity contribution in [2.24, 2.45) is 0 Å². The molecule has 1 aromatic rings. The molecule has 0 aliphatic carbocycles. The minimum absolute atomic E-state index is 0.0663. The summed E-state index contributed by atoms with van der Waals surface area (Å²) < 4.78 is 5.14. The van der Waals surface area contributed by atoms with Crippen LogP contribution in [0.15, 0.2) is 24.3 Å². The minimum Gasteiger partial charge on any atom is -0.784 e. The summed E-state index contributed by atoms with van der Waals surface area (Å²) >= 11 is 0. The summed E-state index contributed by atoms with van der Waals surface area (Å²) in [6, 6.07) is 5.75. The smallest absolute Gasteiger partial charge is 0.119 e. The fourth-order valence-electron chi connectivity index (χ4n) is 1.66. The Morgan fingerprint density at radius 3 is 3.00 bits per heavy atom. The number of hydrogen-bond acceptors (Lipinski definition) is 3. The van der Waals surface area contributed by atoms with Gasteiger partial charge in [0.15, 0.2) is 0 Å². The first-order chi connectivity index (χ1) is 7.20. The molecular weight excluding hydrogens is 190 g/mol. The lowest BCUT2D eigenvalue weighted by atomic mass is 10.1. The molecule has 80 valence electrons. The summed E-state index contributed by atoms with van der Waals surface area (Å²) in [5.74, 6) is 0.796. The highest BCUT2D eigenvalue weighted by molar-refractivity contribution is 5.57. The minimum atomic E-state index is -0.0663. The molecule has 0 aromatic heterocycles. The van der Waals surface area contributed by atoms with Crippen LogP contribution in [0.3, 0.4) is 0 Å². The zero-order chi connectivity index (χ0) is 10.8. The standard InChI is InChI=1S/C12H14NO2/c1-9-3-4-10-5-6-12(15-2)7-11(10)8-13(9)14/h3-7,9H,8H2,1-2H3/q-1. The van der Waals surface area contributed by atoms with Crippen molar-refractivity contribution < 1.29 is 4.74 Å². The maximum atomic E-state index is 11.6. The van der Waals surface area contributed by atoms with Gasteiger partial charge in [-0.2, -0.15) is 0 Å². The number of ether oxygens (including phenoxy) is 1. The van der Waals surface area contributed by atoms with Gasteiger partial charge in [0.1, 0.15) is 5.75 Å². The average molecular weight is 204 g/mol. The Morgan fingerprint density at radius 2 is 2.27 bits per heavy atom. The number of methoxy groups -OCH3 is 1. The van der Waals surface area contributed by atoms with Crippen molar-refractivity contribution in [1.82, 2.24) is 5.06 Å². The van der Waals surface area contributed by atoms with Gasteiger partial charge in [0.05, 0.1) is 7.11 Å². The molecule has 1 aliphatic heterocycles. The second-order valence-electron chi connectivity index (χ2n) is 3.74. The number of rotatable bonds is 1. The molecule has 0 saturated heterocycles. The highest BCUT2D eigenvalue weighted by Gasteiger charge is 2.09. The molecule has 1 atom stereocenters. The van der Waals surface area contributed by atoms with E-state index in [0.717, 1.165) is 21.9 Å². The normalized spacial score (nSPS) is 20.9. The second kappa shape index (κ2) is 4.04. The lowest BCUT2D eigenvalue weighted by Crippen LogP contribution is -2.23. The fourth-order valence-corrected chi connectivity index (χ4v) is 1.66. The van der Waals surface area contributed by atoms with Gasteiger partial charge >= 0.3 is 0 Å². The third-order valence-corrected chi connectivity index (χ3v) is 2.68. The molecule has 0 amide bonds. The average Bonchev–Trinajstić information content (AvgIpc) is 2.39. The Balaban J connectivity index is 2.39. The molecule has 0 N–H and O–H groups in total. The number of benzene rings is 1. The van der Waals surface area contributed by atoms with Crippen molar-refractivity contribution in [3.63, 3.8) is 0 Å². The van der Waals surface area contributed by atoms with Gasteiger partial charge in [-0.1, -0.05) is 18.2 Å². The zero-order valence-electron chi connectivity index (χ0n) is 8.93. The van der Waals surface area contributed by atoms with E-state index in [9.17, 15) is 5.21 Å². The van der Waals surface area contributed by atoms with E-state index in [1.807, 2.05) is 37.3 Å². The largest absolute Gasteiger partial charge is 0.784 e. The summed E-state index contributed by atoms with van der Waals surface area (Å²) in [5.41, 5.74) is 2.12. The molecule has 1 aliphatic rings. The first-order valence-corrected chi connectivity index (χ1v) is 4.99. The molecule has 15 heavy (non-hydrogen) atoms. The highest BCUT2D eigenvalue weighted by atomic mass is 16.5. The molecule has 3 heteroatoms. The van der Waals surface area contributed by atoms with Crippen LogP contribution in [0.1, 0.15) is 18.1 Å². The van der Waals surface area contributed by atoms with Crippen LogP contribution in [0.5, 0.6) is 5.75 Å². The van der Waals surface area contributed by atoms with Gasteiger partial charge < -0.3 is 15.0 Å². The van der Waals surface area contributed by atoms with Gasteiger partial charge in [0.25, 0.3) is 0 Å². The predicted molar refractivity (Wildman–Crippen MR) is 60.4 cm³/mol. The number of hydrogen-bond donors (Lipinski definition) is 0. The Labute approximate surface area is 89.5 Å². The fraction of sp³-hybridized carbons (Fsp3) is 0.333. The van der Waals surface area contributed by atoms with Gasteiger partial charge in [-0.25, -0.2) is 0 Å². The van der Waals surface area contributed by atoms with Crippen LogP contribution in [0.25, 0.3) is 6.08 Å². The SMILES string of the molecule is COc1ccc2c(c1)CN([O-])C(C)C=C2. The molecule has 1 unspecified atom stereocenters. The quantitative estimate of drug-likeness (QED) is 0.704. The van der Waals surface area contributed by atoms with Crippen molar-refractivity contribution in [2.75, 3.05) is 7.11 Å². The van der Waals surface area contributed by atoms with Gasteiger partial charge in [0, 0.05) is 12.6 Å². The third-order valence-electron chi connectivity index (χ3n) is 2.68. The van der Waals surface area contributed by atoms with Crippen molar-refractivity contribution in [3.05, 3.63) is 40.6 Å². The highest BCUT2D eigenvalue weighted by Crippen LogP contribution is 2.23. The lowest BCUT2D eigenvalue weighted by molar-refractivity contribution is 0.332. The Morgan fingerprint density at radius 1 is 1.47 bits per heavy atom. The lowest BCUT2D eigenvalue weighted by Gasteiger charge is -2.32. The van der Waals surface area contributed by atoms with E-state index in [2.05, 4.69) is 0 Å². The molecular formula is C12H14NO2-. The van der Waals surface area contributed by atoms with E-state index < -0.39 is 0 Å². The molecule has 0 fully saturated rings. The van der Waals surface area contributed by atoms with Crippen LogP contribution in [0.2, 0.25) is 0 Å². The number of nitrogens with zero attached hydrogens (tertiary/aromatic N) is 1. The summed E-state index contributed by atoms with van der Waals surface area (Å²) in [6.07, 6.45) is 3.92. The maximum Gasteiger partial charge on any atom is 0.119 e. The van der Waals surface area contributed by atoms with E-state index in [1.54, 1.807) is 7.11 Å². The van der Waals surface area contributed by atoms with Crippen molar-refractivity contribution in [2.45, 2.75) is 19.5 Å². The third kappa shape index (κ3) is 2.03. The van der Waals surface area contributed by atoms with E-state index in [-0.39, 0.29) is 6.04 Å². The first kappa shape index (κ1) is 10.2. The monoisotopic (exact) mass is 204 g/mol. The maximum absolute atomic E-state index is 11.6. The van der Waals surface area contributed by atoms with E-state index >= 15 is 0 Å². The van der Waals surface area contributed by atoms with Crippen LogP contribution in [-0.4, -0.2) is 18.2 Å². The Hall–Kier alpha value is -1.32. The van der Waals surface area contributed by atoms with E-state index in [0.29, 0.717) is 6.54 Å². The molecule has 1 heterocycles. The van der Waals surface area contributed by atoms with Crippen LogP contribution in [-0.2, 0) is 6.54 Å². The summed E-state index contributed by atoms with van der Waals surface area (Å²) in [4.78, 5) is 0. The van der Waals surface area contributed by atoms with Crippen molar-refractivity contribution in [3.8, 4) is 5.75 Å². The van der Waals surface area contributed by atoms with Gasteiger partial charge in [-0.3, -0.25) is 0 Å². The zero-order valence-corrected chi connectivity index (χ0v) is 8.93. The van der Waals surface area contributed by atoms with Crippen LogP contribution in [0, 0.1) is 5.21 Å². The molecule has 2 rings (SSSR count). The summed E-state index contributed by atoms with van der Waals surface area (Å²) in [7, 11) is 1.63. The molecule has 0 spiro atoms. The summed E-state index contributed by atoms with van der Waals surface area (Å²) in [5, 5.41) is 12.7. The molecule has 1 aromatic carbocycles. The molecule has 0 saturated carbocycles. The van der Waals surface area contributed by atoms with Crippen molar-refractivity contribution in [1.29, 1.82) is 0 Å². The van der Waals surface area contributed by atoms with Crippen LogP contribution >= 0.6 is 0 Å². The summed E-state index contributed by atoms with van der Waals surface area (Å²) in [6.45, 7) is 2.31. The number of fused-ring (bicyclic) bond motifs is 1. The van der Waals surface area contributed by atoms with Crippen LogP contribution in [0.4, 0.5) is 0 Å². The van der Waals surface area contributed by atoms with Gasteiger partial charge in [-0.15, -0.1) is 0 Å². The van der Waals surface area contributed by atoms with E-state index in [1.165, 1.54) is 0 Å². The van der Waals surface area contributed by atoms with Crippen LogP contribution < -0.4 is 4.74 Å².